The van der Waals surface area contributed by atoms with E-state index in [0.717, 1.165) is 30.1 Å². The number of amides is 1. The topological polar surface area (TPSA) is 112 Å². The zero-order valence-corrected chi connectivity index (χ0v) is 21.4. The lowest BCUT2D eigenvalue weighted by atomic mass is 9.89. The summed E-state index contributed by atoms with van der Waals surface area (Å²) >= 11 is 0. The molecule has 8 nitrogen and oxygen atoms in total. The monoisotopic (exact) mass is 491 g/mol. The van der Waals surface area contributed by atoms with Gasteiger partial charge in [0.15, 0.2) is 5.69 Å². The molecule has 0 radical (unpaired) electrons. The Bertz CT molecular complexity index is 1180. The number of phenolic OH excluding ortho intramolecular Hbond substituents is 2. The van der Waals surface area contributed by atoms with Gasteiger partial charge in [0.2, 0.25) is 0 Å². The number of phenols is 2. The predicted octanol–water partition coefficient (Wildman–Crippen LogP) is 4.89. The van der Waals surface area contributed by atoms with E-state index in [1.807, 2.05) is 45.0 Å². The summed E-state index contributed by atoms with van der Waals surface area (Å²) in [4.78, 5) is 12.8. The van der Waals surface area contributed by atoms with E-state index < -0.39 is 0 Å². The van der Waals surface area contributed by atoms with Crippen molar-refractivity contribution < 1.29 is 15.0 Å². The van der Waals surface area contributed by atoms with E-state index in [1.165, 1.54) is 42.9 Å². The highest BCUT2D eigenvalue weighted by Gasteiger charge is 2.24. The fourth-order valence-electron chi connectivity index (χ4n) is 4.91. The highest BCUT2D eigenvalue weighted by atomic mass is 16.3. The minimum atomic E-state index is -0.334. The van der Waals surface area contributed by atoms with Gasteiger partial charge < -0.3 is 20.8 Å². The van der Waals surface area contributed by atoms with Crippen LogP contribution in [0.25, 0.3) is 16.9 Å². The van der Waals surface area contributed by atoms with Crippen molar-refractivity contribution in [3.63, 3.8) is 0 Å². The Hall–Kier alpha value is -3.39. The fourth-order valence-corrected chi connectivity index (χ4v) is 4.91. The molecule has 1 heterocycles. The molecule has 2 aromatic carbocycles. The van der Waals surface area contributed by atoms with Gasteiger partial charge in [-0.1, -0.05) is 62.6 Å². The molecule has 0 spiro atoms. The van der Waals surface area contributed by atoms with Gasteiger partial charge in [-0.25, -0.2) is 4.68 Å². The Labute approximate surface area is 212 Å². The standard InChI is InChI=1S/C28H37N5O3/c1-4-30-28(36)26-27(33(32-31-26)23-14-22(18(2)3)24(34)15-25(23)35)21-12-10-20(11-13-21)17-29-16-19-8-6-5-7-9-19/h10-15,18-19,29,34-35H,4-9,16-17H2,1-3H3,(H,30,36). The highest BCUT2D eigenvalue weighted by molar-refractivity contribution is 5.98. The van der Waals surface area contributed by atoms with Gasteiger partial charge in [-0.05, 0) is 55.3 Å². The van der Waals surface area contributed by atoms with Crippen molar-refractivity contribution in [2.24, 2.45) is 5.92 Å². The van der Waals surface area contributed by atoms with E-state index in [4.69, 9.17) is 0 Å². The van der Waals surface area contributed by atoms with Crippen LogP contribution in [-0.4, -0.2) is 44.2 Å². The van der Waals surface area contributed by atoms with Crippen molar-refractivity contribution in [3.8, 4) is 28.4 Å². The quantitative estimate of drug-likeness (QED) is 0.339. The maximum atomic E-state index is 12.8. The molecule has 4 N–H and O–H groups in total. The molecule has 0 aliphatic heterocycles. The molecule has 1 amide bonds. The highest BCUT2D eigenvalue weighted by Crippen LogP contribution is 2.36. The smallest absolute Gasteiger partial charge is 0.274 e. The zero-order valence-electron chi connectivity index (χ0n) is 21.4. The van der Waals surface area contributed by atoms with Crippen molar-refractivity contribution >= 4 is 5.91 Å². The van der Waals surface area contributed by atoms with Crippen molar-refractivity contribution in [3.05, 3.63) is 53.2 Å². The SMILES string of the molecule is CCNC(=O)c1nnn(-c2cc(C(C)C)c(O)cc2O)c1-c1ccc(CNCC2CCCCC2)cc1. The minimum Gasteiger partial charge on any atom is -0.508 e. The lowest BCUT2D eigenvalue weighted by Gasteiger charge is -2.21. The molecule has 1 aromatic heterocycles. The van der Waals surface area contributed by atoms with Gasteiger partial charge in [0.1, 0.15) is 22.9 Å². The van der Waals surface area contributed by atoms with Crippen LogP contribution in [0.2, 0.25) is 0 Å². The Morgan fingerprint density at radius 2 is 1.81 bits per heavy atom. The van der Waals surface area contributed by atoms with E-state index in [0.29, 0.717) is 23.5 Å². The van der Waals surface area contributed by atoms with Gasteiger partial charge in [-0.2, -0.15) is 0 Å². The second-order valence-corrected chi connectivity index (χ2v) is 9.94. The molecule has 192 valence electrons. The third-order valence-electron chi connectivity index (χ3n) is 6.91. The first kappa shape index (κ1) is 25.7. The summed E-state index contributed by atoms with van der Waals surface area (Å²) in [7, 11) is 0. The summed E-state index contributed by atoms with van der Waals surface area (Å²) in [6.07, 6.45) is 6.67. The zero-order chi connectivity index (χ0) is 25.7. The first-order valence-electron chi connectivity index (χ1n) is 13.0. The van der Waals surface area contributed by atoms with Gasteiger partial charge in [-0.3, -0.25) is 4.79 Å². The van der Waals surface area contributed by atoms with Gasteiger partial charge in [0.25, 0.3) is 5.91 Å². The largest absolute Gasteiger partial charge is 0.508 e. The molecule has 1 aliphatic rings. The number of aromatic nitrogens is 3. The van der Waals surface area contributed by atoms with Gasteiger partial charge in [0.05, 0.1) is 0 Å². The Morgan fingerprint density at radius 3 is 2.47 bits per heavy atom. The fraction of sp³-hybridized carbons (Fsp3) is 0.464. The van der Waals surface area contributed by atoms with Crippen molar-refractivity contribution in [2.75, 3.05) is 13.1 Å². The Morgan fingerprint density at radius 1 is 1.08 bits per heavy atom. The lowest BCUT2D eigenvalue weighted by Crippen LogP contribution is -2.24. The summed E-state index contributed by atoms with van der Waals surface area (Å²) in [5.41, 5.74) is 3.60. The third kappa shape index (κ3) is 5.70. The predicted molar refractivity (Wildman–Crippen MR) is 141 cm³/mol. The molecule has 36 heavy (non-hydrogen) atoms. The second kappa shape index (κ2) is 11.6. The van der Waals surface area contributed by atoms with E-state index in [2.05, 4.69) is 20.9 Å². The average molecular weight is 492 g/mol. The van der Waals surface area contributed by atoms with E-state index in [9.17, 15) is 15.0 Å². The van der Waals surface area contributed by atoms with Crippen LogP contribution in [0.3, 0.4) is 0 Å². The van der Waals surface area contributed by atoms with Crippen molar-refractivity contribution in [2.45, 2.75) is 65.3 Å². The average Bonchev–Trinajstić information content (AvgIpc) is 3.30. The molecule has 1 fully saturated rings. The maximum Gasteiger partial charge on any atom is 0.274 e. The molecule has 0 saturated heterocycles. The summed E-state index contributed by atoms with van der Waals surface area (Å²) in [5, 5.41) is 35.7. The second-order valence-electron chi connectivity index (χ2n) is 9.94. The first-order valence-corrected chi connectivity index (χ1v) is 13.0. The minimum absolute atomic E-state index is 0.0157. The number of nitrogens with one attached hydrogen (secondary N) is 2. The number of aromatic hydroxyl groups is 2. The number of rotatable bonds is 9. The normalized spacial score (nSPS) is 14.3. The van der Waals surface area contributed by atoms with Crippen LogP contribution in [0.4, 0.5) is 0 Å². The molecule has 3 aromatic rings. The van der Waals surface area contributed by atoms with Crippen LogP contribution in [0.1, 0.15) is 80.4 Å². The number of nitrogens with zero attached hydrogens (tertiary/aromatic N) is 3. The molecule has 0 unspecified atom stereocenters. The van der Waals surface area contributed by atoms with Gasteiger partial charge >= 0.3 is 0 Å². The van der Waals surface area contributed by atoms with Crippen LogP contribution in [0, 0.1) is 5.92 Å². The molecule has 0 atom stereocenters. The van der Waals surface area contributed by atoms with Crippen LogP contribution >= 0.6 is 0 Å². The number of hydrogen-bond acceptors (Lipinski definition) is 6. The van der Waals surface area contributed by atoms with E-state index in [1.54, 1.807) is 6.07 Å². The van der Waals surface area contributed by atoms with E-state index >= 15 is 0 Å². The molecule has 4 rings (SSSR count). The van der Waals surface area contributed by atoms with Crippen LogP contribution < -0.4 is 10.6 Å². The molecule has 8 heteroatoms. The summed E-state index contributed by atoms with van der Waals surface area (Å²) in [6, 6.07) is 11.0. The summed E-state index contributed by atoms with van der Waals surface area (Å²) in [6.45, 7) is 8.04. The number of benzene rings is 2. The van der Waals surface area contributed by atoms with Gasteiger partial charge in [0, 0.05) is 24.7 Å². The number of carbonyl (C=O) groups is 1. The van der Waals surface area contributed by atoms with Crippen molar-refractivity contribution in [1.82, 2.24) is 25.6 Å². The van der Waals surface area contributed by atoms with Crippen LogP contribution in [0.5, 0.6) is 11.5 Å². The summed E-state index contributed by atoms with van der Waals surface area (Å²) in [5.74, 6) is 0.335. The number of hydrogen-bond donors (Lipinski definition) is 4. The van der Waals surface area contributed by atoms with E-state index in [-0.39, 0.29) is 29.0 Å². The molecular formula is C28H37N5O3. The molecule has 1 aliphatic carbocycles. The number of carbonyl (C=O) groups excluding carboxylic acids is 1. The first-order chi connectivity index (χ1) is 17.4. The molecular weight excluding hydrogens is 454 g/mol. The molecule has 1 saturated carbocycles. The van der Waals surface area contributed by atoms with Crippen molar-refractivity contribution in [1.29, 1.82) is 0 Å². The third-order valence-corrected chi connectivity index (χ3v) is 6.91. The Balaban J connectivity index is 1.64. The lowest BCUT2D eigenvalue weighted by molar-refractivity contribution is 0.0951. The van der Waals surface area contributed by atoms with Gasteiger partial charge in [-0.15, -0.1) is 5.10 Å². The van der Waals surface area contributed by atoms with Crippen LogP contribution in [0.15, 0.2) is 36.4 Å². The van der Waals surface area contributed by atoms with Crippen LogP contribution in [-0.2, 0) is 6.54 Å². The summed E-state index contributed by atoms with van der Waals surface area (Å²) < 4.78 is 1.47. The maximum absolute atomic E-state index is 12.8. The Kier molecular flexibility index (Phi) is 8.25. The molecule has 0 bridgehead atoms.